The number of rotatable bonds is 3. The first-order chi connectivity index (χ1) is 8.79. The lowest BCUT2D eigenvalue weighted by molar-refractivity contribution is 0.818. The third kappa shape index (κ3) is 1.83. The maximum absolute atomic E-state index is 4.71. The van der Waals surface area contributed by atoms with Crippen LogP contribution in [0.3, 0.4) is 0 Å². The van der Waals surface area contributed by atoms with Crippen molar-refractivity contribution in [2.24, 2.45) is 7.05 Å². The Morgan fingerprint density at radius 2 is 2.22 bits per heavy atom. The van der Waals surface area contributed by atoms with Crippen LogP contribution < -0.4 is 5.32 Å². The molecule has 1 N–H and O–H groups in total. The van der Waals surface area contributed by atoms with Gasteiger partial charge in [0.15, 0.2) is 5.82 Å². The van der Waals surface area contributed by atoms with E-state index in [0.717, 1.165) is 17.9 Å². The zero-order valence-electron chi connectivity index (χ0n) is 10.5. The van der Waals surface area contributed by atoms with Crippen LogP contribution in [-0.4, -0.2) is 16.6 Å². The second kappa shape index (κ2) is 4.55. The van der Waals surface area contributed by atoms with E-state index in [9.17, 15) is 0 Å². The fourth-order valence-corrected chi connectivity index (χ4v) is 2.92. The molecule has 92 valence electrons. The number of nitrogens with zero attached hydrogens (tertiary/aromatic N) is 2. The fraction of sp³-hybridized carbons (Fsp3) is 0.214. The second-order valence-electron chi connectivity index (χ2n) is 4.33. The first-order valence-electron chi connectivity index (χ1n) is 5.93. The van der Waals surface area contributed by atoms with Crippen LogP contribution in [0.1, 0.15) is 5.56 Å². The van der Waals surface area contributed by atoms with Gasteiger partial charge in [0.25, 0.3) is 0 Å². The van der Waals surface area contributed by atoms with Gasteiger partial charge in [0, 0.05) is 13.6 Å². The van der Waals surface area contributed by atoms with Gasteiger partial charge in [-0.15, -0.1) is 11.3 Å². The highest BCUT2D eigenvalue weighted by Gasteiger charge is 2.10. The number of nitrogens with one attached hydrogen (secondary N) is 1. The standard InChI is InChI=1S/C14H15N3S/c1-15-9-10-5-6-11-12(8-10)17(2)14(16-11)13-4-3-7-18-13/h3-8,15H,9H2,1-2H3. The summed E-state index contributed by atoms with van der Waals surface area (Å²) in [6, 6.07) is 10.6. The van der Waals surface area contributed by atoms with Gasteiger partial charge in [-0.3, -0.25) is 0 Å². The largest absolute Gasteiger partial charge is 0.326 e. The smallest absolute Gasteiger partial charge is 0.150 e. The summed E-state index contributed by atoms with van der Waals surface area (Å²) in [6.45, 7) is 0.884. The van der Waals surface area contributed by atoms with Gasteiger partial charge >= 0.3 is 0 Å². The predicted molar refractivity (Wildman–Crippen MR) is 76.8 cm³/mol. The number of hydrogen-bond acceptors (Lipinski definition) is 3. The van der Waals surface area contributed by atoms with E-state index in [1.165, 1.54) is 16.0 Å². The summed E-state index contributed by atoms with van der Waals surface area (Å²) in [4.78, 5) is 5.92. The molecule has 18 heavy (non-hydrogen) atoms. The lowest BCUT2D eigenvalue weighted by Crippen LogP contribution is -2.04. The van der Waals surface area contributed by atoms with Crippen molar-refractivity contribution in [1.29, 1.82) is 0 Å². The molecule has 3 rings (SSSR count). The zero-order chi connectivity index (χ0) is 12.5. The lowest BCUT2D eigenvalue weighted by atomic mass is 10.2. The summed E-state index contributed by atoms with van der Waals surface area (Å²) in [5, 5.41) is 5.26. The molecular weight excluding hydrogens is 242 g/mol. The van der Waals surface area contributed by atoms with E-state index in [1.54, 1.807) is 11.3 Å². The molecule has 0 radical (unpaired) electrons. The number of benzene rings is 1. The van der Waals surface area contributed by atoms with Gasteiger partial charge in [0.1, 0.15) is 0 Å². The maximum atomic E-state index is 4.71. The molecule has 0 aliphatic carbocycles. The molecule has 0 aliphatic rings. The molecule has 0 aliphatic heterocycles. The Morgan fingerprint density at radius 1 is 1.33 bits per heavy atom. The number of imidazole rings is 1. The Morgan fingerprint density at radius 3 is 2.94 bits per heavy atom. The third-order valence-corrected chi connectivity index (χ3v) is 3.93. The van der Waals surface area contributed by atoms with E-state index >= 15 is 0 Å². The second-order valence-corrected chi connectivity index (χ2v) is 5.27. The van der Waals surface area contributed by atoms with E-state index in [2.05, 4.69) is 52.6 Å². The number of fused-ring (bicyclic) bond motifs is 1. The van der Waals surface area contributed by atoms with Gasteiger partial charge in [-0.25, -0.2) is 4.98 Å². The molecule has 0 spiro atoms. The Labute approximate surface area is 110 Å². The van der Waals surface area contributed by atoms with Crippen molar-refractivity contribution in [3.63, 3.8) is 0 Å². The SMILES string of the molecule is CNCc1ccc2nc(-c3cccs3)n(C)c2c1. The van der Waals surface area contributed by atoms with Crippen LogP contribution >= 0.6 is 11.3 Å². The average Bonchev–Trinajstić information content (AvgIpc) is 2.99. The van der Waals surface area contributed by atoms with Gasteiger partial charge in [-0.2, -0.15) is 0 Å². The molecule has 0 unspecified atom stereocenters. The van der Waals surface area contributed by atoms with E-state index in [4.69, 9.17) is 4.98 Å². The van der Waals surface area contributed by atoms with Gasteiger partial charge in [-0.05, 0) is 36.2 Å². The van der Waals surface area contributed by atoms with Crippen molar-refractivity contribution < 1.29 is 0 Å². The molecule has 3 aromatic rings. The molecule has 0 saturated carbocycles. The van der Waals surface area contributed by atoms with Crippen molar-refractivity contribution in [3.8, 4) is 10.7 Å². The van der Waals surface area contributed by atoms with Gasteiger partial charge < -0.3 is 9.88 Å². The van der Waals surface area contributed by atoms with E-state index in [-0.39, 0.29) is 0 Å². The van der Waals surface area contributed by atoms with Crippen molar-refractivity contribution in [2.45, 2.75) is 6.54 Å². The number of hydrogen-bond donors (Lipinski definition) is 1. The van der Waals surface area contributed by atoms with Gasteiger partial charge in [0.05, 0.1) is 15.9 Å². The van der Waals surface area contributed by atoms with Crippen molar-refractivity contribution in [1.82, 2.24) is 14.9 Å². The normalized spacial score (nSPS) is 11.2. The molecule has 0 amide bonds. The summed E-state index contributed by atoms with van der Waals surface area (Å²) < 4.78 is 2.17. The Balaban J connectivity index is 2.16. The summed E-state index contributed by atoms with van der Waals surface area (Å²) in [6.07, 6.45) is 0. The summed E-state index contributed by atoms with van der Waals surface area (Å²) in [5.41, 5.74) is 3.53. The number of aromatic nitrogens is 2. The van der Waals surface area contributed by atoms with Crippen LogP contribution in [0, 0.1) is 0 Å². The maximum Gasteiger partial charge on any atom is 0.150 e. The fourth-order valence-electron chi connectivity index (χ4n) is 2.18. The van der Waals surface area contributed by atoms with Crippen LogP contribution in [0.5, 0.6) is 0 Å². The first-order valence-corrected chi connectivity index (χ1v) is 6.81. The lowest BCUT2D eigenvalue weighted by Gasteiger charge is -2.02. The monoisotopic (exact) mass is 257 g/mol. The molecule has 4 heteroatoms. The highest BCUT2D eigenvalue weighted by atomic mass is 32.1. The highest BCUT2D eigenvalue weighted by Crippen LogP contribution is 2.27. The van der Waals surface area contributed by atoms with E-state index in [1.807, 2.05) is 7.05 Å². The Hall–Kier alpha value is -1.65. The molecule has 0 saturated heterocycles. The van der Waals surface area contributed by atoms with Crippen LogP contribution in [0.25, 0.3) is 21.7 Å². The van der Waals surface area contributed by atoms with E-state index in [0.29, 0.717) is 0 Å². The Kier molecular flexibility index (Phi) is 2.89. The van der Waals surface area contributed by atoms with Crippen LogP contribution in [0.15, 0.2) is 35.7 Å². The molecule has 0 fully saturated rings. The molecule has 0 bridgehead atoms. The molecule has 0 atom stereocenters. The molecule has 2 aromatic heterocycles. The summed E-state index contributed by atoms with van der Waals surface area (Å²) in [7, 11) is 4.04. The zero-order valence-corrected chi connectivity index (χ0v) is 11.3. The summed E-state index contributed by atoms with van der Waals surface area (Å²) >= 11 is 1.72. The first kappa shape index (κ1) is 11.4. The van der Waals surface area contributed by atoms with E-state index < -0.39 is 0 Å². The average molecular weight is 257 g/mol. The van der Waals surface area contributed by atoms with Crippen molar-refractivity contribution >= 4 is 22.4 Å². The quantitative estimate of drug-likeness (QED) is 0.781. The van der Waals surface area contributed by atoms with Crippen molar-refractivity contribution in [2.75, 3.05) is 7.05 Å². The Bertz CT molecular complexity index is 668. The number of thiophene rings is 1. The highest BCUT2D eigenvalue weighted by molar-refractivity contribution is 7.13. The minimum Gasteiger partial charge on any atom is -0.326 e. The summed E-state index contributed by atoms with van der Waals surface area (Å²) in [5.74, 6) is 1.04. The van der Waals surface area contributed by atoms with Gasteiger partial charge in [-0.1, -0.05) is 12.1 Å². The van der Waals surface area contributed by atoms with Crippen molar-refractivity contribution in [3.05, 3.63) is 41.3 Å². The topological polar surface area (TPSA) is 29.9 Å². The van der Waals surface area contributed by atoms with Crippen LogP contribution in [-0.2, 0) is 13.6 Å². The third-order valence-electron chi connectivity index (χ3n) is 3.07. The predicted octanol–water partition coefficient (Wildman–Crippen LogP) is 3.02. The minimum atomic E-state index is 0.884. The van der Waals surface area contributed by atoms with Gasteiger partial charge in [0.2, 0.25) is 0 Å². The van der Waals surface area contributed by atoms with Crippen LogP contribution in [0.2, 0.25) is 0 Å². The van der Waals surface area contributed by atoms with Crippen LogP contribution in [0.4, 0.5) is 0 Å². The minimum absolute atomic E-state index is 0.884. The molecule has 2 heterocycles. The number of aryl methyl sites for hydroxylation is 1. The molecule has 1 aromatic carbocycles. The molecule has 3 nitrogen and oxygen atoms in total. The molecular formula is C14H15N3S.